The summed E-state index contributed by atoms with van der Waals surface area (Å²) in [6.07, 6.45) is 1.59. The van der Waals surface area contributed by atoms with Crippen molar-refractivity contribution >= 4 is 5.82 Å². The molecule has 1 aliphatic heterocycles. The summed E-state index contributed by atoms with van der Waals surface area (Å²) in [5, 5.41) is 0. The normalized spacial score (nSPS) is 16.8. The van der Waals surface area contributed by atoms with Crippen molar-refractivity contribution in [2.45, 2.75) is 6.54 Å². The largest absolute Gasteiger partial charge is 0.378 e. The van der Waals surface area contributed by atoms with Crippen molar-refractivity contribution in [2.75, 3.05) is 31.2 Å². The molecular formula is C10H14FN3O. The van der Waals surface area contributed by atoms with Gasteiger partial charge in [0.2, 0.25) is 0 Å². The molecule has 0 bridgehead atoms. The van der Waals surface area contributed by atoms with Crippen LogP contribution >= 0.6 is 0 Å². The number of halogens is 1. The van der Waals surface area contributed by atoms with Crippen LogP contribution in [-0.4, -0.2) is 31.3 Å². The molecule has 1 aromatic rings. The summed E-state index contributed by atoms with van der Waals surface area (Å²) in [4.78, 5) is 5.94. The molecule has 0 aromatic carbocycles. The highest BCUT2D eigenvalue weighted by Gasteiger charge is 2.17. The molecule has 0 aliphatic carbocycles. The fraction of sp³-hybridized carbons (Fsp3) is 0.500. The monoisotopic (exact) mass is 211 g/mol. The third-order valence-corrected chi connectivity index (χ3v) is 2.48. The van der Waals surface area contributed by atoms with Crippen LogP contribution in [0.2, 0.25) is 0 Å². The third-order valence-electron chi connectivity index (χ3n) is 2.48. The Hall–Kier alpha value is -1.20. The molecule has 5 heteroatoms. The van der Waals surface area contributed by atoms with E-state index in [4.69, 9.17) is 10.5 Å². The summed E-state index contributed by atoms with van der Waals surface area (Å²) in [6, 6.07) is 1.61. The summed E-state index contributed by atoms with van der Waals surface area (Å²) in [5.41, 5.74) is 5.94. The molecule has 0 saturated carbocycles. The van der Waals surface area contributed by atoms with Gasteiger partial charge in [-0.1, -0.05) is 0 Å². The van der Waals surface area contributed by atoms with Crippen LogP contribution in [0.1, 0.15) is 5.56 Å². The van der Waals surface area contributed by atoms with Gasteiger partial charge in [-0.05, 0) is 6.07 Å². The molecule has 2 rings (SSSR count). The second kappa shape index (κ2) is 4.55. The zero-order valence-corrected chi connectivity index (χ0v) is 8.45. The second-order valence-electron chi connectivity index (χ2n) is 3.41. The lowest BCUT2D eigenvalue weighted by Gasteiger charge is -2.28. The van der Waals surface area contributed by atoms with Crippen molar-refractivity contribution in [2.24, 2.45) is 5.73 Å². The van der Waals surface area contributed by atoms with Gasteiger partial charge in [0.15, 0.2) is 11.6 Å². The molecule has 0 spiro atoms. The van der Waals surface area contributed by atoms with E-state index in [-0.39, 0.29) is 12.4 Å². The van der Waals surface area contributed by atoms with E-state index in [0.29, 0.717) is 37.7 Å². The van der Waals surface area contributed by atoms with E-state index in [1.165, 1.54) is 0 Å². The lowest BCUT2D eigenvalue weighted by Crippen LogP contribution is -2.37. The number of anilines is 1. The first-order chi connectivity index (χ1) is 7.33. The SMILES string of the molecule is NCc1ccnc(N2CCOCC2)c1F. The number of rotatable bonds is 2. The van der Waals surface area contributed by atoms with Crippen LogP contribution in [0.4, 0.5) is 10.2 Å². The van der Waals surface area contributed by atoms with Crippen LogP contribution in [0, 0.1) is 5.82 Å². The van der Waals surface area contributed by atoms with Gasteiger partial charge < -0.3 is 15.4 Å². The molecule has 2 N–H and O–H groups in total. The van der Waals surface area contributed by atoms with Crippen molar-refractivity contribution < 1.29 is 9.13 Å². The Bertz CT molecular complexity index is 339. The smallest absolute Gasteiger partial charge is 0.170 e. The van der Waals surface area contributed by atoms with Crippen LogP contribution in [0.3, 0.4) is 0 Å². The molecule has 4 nitrogen and oxygen atoms in total. The van der Waals surface area contributed by atoms with Crippen molar-refractivity contribution in [1.29, 1.82) is 0 Å². The van der Waals surface area contributed by atoms with Gasteiger partial charge in [-0.3, -0.25) is 0 Å². The molecule has 1 aliphatic rings. The van der Waals surface area contributed by atoms with Crippen LogP contribution < -0.4 is 10.6 Å². The number of nitrogens with zero attached hydrogens (tertiary/aromatic N) is 2. The average Bonchev–Trinajstić information content (AvgIpc) is 2.30. The fourth-order valence-corrected chi connectivity index (χ4v) is 1.62. The number of hydrogen-bond acceptors (Lipinski definition) is 4. The Balaban J connectivity index is 2.26. The van der Waals surface area contributed by atoms with Gasteiger partial charge in [0.25, 0.3) is 0 Å². The predicted molar refractivity (Wildman–Crippen MR) is 55.1 cm³/mol. The minimum Gasteiger partial charge on any atom is -0.378 e. The van der Waals surface area contributed by atoms with Crippen LogP contribution in [-0.2, 0) is 11.3 Å². The summed E-state index contributed by atoms with van der Waals surface area (Å²) < 4.78 is 19.0. The van der Waals surface area contributed by atoms with E-state index in [1.807, 2.05) is 4.90 Å². The van der Waals surface area contributed by atoms with Gasteiger partial charge in [-0.25, -0.2) is 9.37 Å². The molecule has 15 heavy (non-hydrogen) atoms. The Labute approximate surface area is 87.8 Å². The highest BCUT2D eigenvalue weighted by atomic mass is 19.1. The Morgan fingerprint density at radius 3 is 2.87 bits per heavy atom. The first kappa shape index (κ1) is 10.3. The molecular weight excluding hydrogens is 197 g/mol. The van der Waals surface area contributed by atoms with E-state index in [1.54, 1.807) is 12.3 Å². The van der Waals surface area contributed by atoms with E-state index >= 15 is 0 Å². The maximum atomic E-state index is 13.8. The molecule has 0 atom stereocenters. The van der Waals surface area contributed by atoms with Gasteiger partial charge >= 0.3 is 0 Å². The Kier molecular flexibility index (Phi) is 3.13. The molecule has 0 unspecified atom stereocenters. The lowest BCUT2D eigenvalue weighted by atomic mass is 10.2. The van der Waals surface area contributed by atoms with E-state index in [9.17, 15) is 4.39 Å². The van der Waals surface area contributed by atoms with Crippen molar-refractivity contribution in [1.82, 2.24) is 4.98 Å². The lowest BCUT2D eigenvalue weighted by molar-refractivity contribution is 0.122. The van der Waals surface area contributed by atoms with Crippen LogP contribution in [0.15, 0.2) is 12.3 Å². The summed E-state index contributed by atoms with van der Waals surface area (Å²) in [6.45, 7) is 2.80. The van der Waals surface area contributed by atoms with Crippen molar-refractivity contribution in [3.63, 3.8) is 0 Å². The van der Waals surface area contributed by atoms with Crippen LogP contribution in [0.5, 0.6) is 0 Å². The first-order valence-corrected chi connectivity index (χ1v) is 4.99. The standard InChI is InChI=1S/C10H14FN3O/c11-9-8(7-12)1-2-13-10(9)14-3-5-15-6-4-14/h1-2H,3-7,12H2. The average molecular weight is 211 g/mol. The first-order valence-electron chi connectivity index (χ1n) is 4.99. The second-order valence-corrected chi connectivity index (χ2v) is 3.41. The number of pyridine rings is 1. The number of nitrogens with two attached hydrogens (primary N) is 1. The number of hydrogen-bond donors (Lipinski definition) is 1. The molecule has 2 heterocycles. The zero-order chi connectivity index (χ0) is 10.7. The Morgan fingerprint density at radius 1 is 1.47 bits per heavy atom. The minimum absolute atomic E-state index is 0.200. The Morgan fingerprint density at radius 2 is 2.20 bits per heavy atom. The van der Waals surface area contributed by atoms with Gasteiger partial charge in [0, 0.05) is 31.4 Å². The predicted octanol–water partition coefficient (Wildman–Crippen LogP) is 0.516. The number of ether oxygens (including phenoxy) is 1. The van der Waals surface area contributed by atoms with E-state index in [0.717, 1.165) is 0 Å². The molecule has 82 valence electrons. The minimum atomic E-state index is -0.304. The number of morpholine rings is 1. The summed E-state index contributed by atoms with van der Waals surface area (Å²) in [5.74, 6) is 0.0862. The molecule has 1 saturated heterocycles. The van der Waals surface area contributed by atoms with E-state index < -0.39 is 0 Å². The highest BCUT2D eigenvalue weighted by Crippen LogP contribution is 2.19. The molecule has 1 aromatic heterocycles. The zero-order valence-electron chi connectivity index (χ0n) is 8.45. The fourth-order valence-electron chi connectivity index (χ4n) is 1.62. The number of aromatic nitrogens is 1. The quantitative estimate of drug-likeness (QED) is 0.774. The molecule has 1 fully saturated rings. The van der Waals surface area contributed by atoms with Crippen molar-refractivity contribution in [3.05, 3.63) is 23.6 Å². The highest BCUT2D eigenvalue weighted by molar-refractivity contribution is 5.43. The molecule has 0 radical (unpaired) electrons. The summed E-state index contributed by atoms with van der Waals surface area (Å²) in [7, 11) is 0. The molecule has 0 amide bonds. The van der Waals surface area contributed by atoms with E-state index in [2.05, 4.69) is 4.98 Å². The van der Waals surface area contributed by atoms with Gasteiger partial charge in [0.1, 0.15) is 0 Å². The van der Waals surface area contributed by atoms with Gasteiger partial charge in [-0.2, -0.15) is 0 Å². The van der Waals surface area contributed by atoms with Crippen LogP contribution in [0.25, 0.3) is 0 Å². The maximum Gasteiger partial charge on any atom is 0.170 e. The van der Waals surface area contributed by atoms with Gasteiger partial charge in [-0.15, -0.1) is 0 Å². The van der Waals surface area contributed by atoms with Crippen molar-refractivity contribution in [3.8, 4) is 0 Å². The maximum absolute atomic E-state index is 13.8. The topological polar surface area (TPSA) is 51.4 Å². The third kappa shape index (κ3) is 2.08. The van der Waals surface area contributed by atoms with Gasteiger partial charge in [0.05, 0.1) is 13.2 Å². The summed E-state index contributed by atoms with van der Waals surface area (Å²) >= 11 is 0.